The highest BCUT2D eigenvalue weighted by molar-refractivity contribution is 5.71. The highest BCUT2D eigenvalue weighted by Crippen LogP contribution is 2.21. The van der Waals surface area contributed by atoms with Gasteiger partial charge in [-0.05, 0) is 43.9 Å². The standard InChI is InChI=1S/C14H20O3/c1-3-14(16,4-2)10-6-5-7-12-8-9-13(11-15)17-12/h5,7-9,11,16H,3-4,6,10H2,1-2H3. The van der Waals surface area contributed by atoms with E-state index in [-0.39, 0.29) is 0 Å². The van der Waals surface area contributed by atoms with Crippen LogP contribution in [0.5, 0.6) is 0 Å². The molecule has 0 radical (unpaired) electrons. The van der Waals surface area contributed by atoms with Crippen LogP contribution in [0.15, 0.2) is 22.6 Å². The van der Waals surface area contributed by atoms with E-state index in [4.69, 9.17) is 4.42 Å². The third-order valence-electron chi connectivity index (χ3n) is 3.14. The summed E-state index contributed by atoms with van der Waals surface area (Å²) in [6, 6.07) is 3.40. The van der Waals surface area contributed by atoms with Crippen molar-refractivity contribution in [3.8, 4) is 0 Å². The van der Waals surface area contributed by atoms with E-state index in [0.717, 1.165) is 25.7 Å². The number of aliphatic hydroxyl groups is 1. The molecule has 0 aliphatic rings. The minimum atomic E-state index is -0.554. The monoisotopic (exact) mass is 236 g/mol. The Hall–Kier alpha value is -1.35. The number of rotatable bonds is 7. The van der Waals surface area contributed by atoms with Crippen molar-refractivity contribution in [3.05, 3.63) is 29.7 Å². The summed E-state index contributed by atoms with van der Waals surface area (Å²) in [5.41, 5.74) is -0.554. The molecule has 0 saturated carbocycles. The molecule has 1 rings (SSSR count). The number of hydrogen-bond acceptors (Lipinski definition) is 3. The van der Waals surface area contributed by atoms with Gasteiger partial charge in [-0.2, -0.15) is 0 Å². The van der Waals surface area contributed by atoms with Crippen molar-refractivity contribution in [3.63, 3.8) is 0 Å². The Morgan fingerprint density at radius 1 is 1.29 bits per heavy atom. The van der Waals surface area contributed by atoms with Crippen LogP contribution in [-0.2, 0) is 0 Å². The summed E-state index contributed by atoms with van der Waals surface area (Å²) in [6.07, 6.45) is 7.57. The molecule has 0 amide bonds. The summed E-state index contributed by atoms with van der Waals surface area (Å²) >= 11 is 0. The van der Waals surface area contributed by atoms with Crippen LogP contribution in [0.25, 0.3) is 6.08 Å². The second-order valence-electron chi connectivity index (χ2n) is 4.23. The Labute approximate surface area is 102 Å². The van der Waals surface area contributed by atoms with E-state index < -0.39 is 5.60 Å². The van der Waals surface area contributed by atoms with Crippen LogP contribution in [0.4, 0.5) is 0 Å². The molecule has 0 bridgehead atoms. The van der Waals surface area contributed by atoms with Crippen LogP contribution in [0.3, 0.4) is 0 Å². The molecular weight excluding hydrogens is 216 g/mol. The molecule has 0 saturated heterocycles. The maximum atomic E-state index is 10.4. The zero-order valence-corrected chi connectivity index (χ0v) is 10.5. The number of carbonyl (C=O) groups is 1. The summed E-state index contributed by atoms with van der Waals surface area (Å²) in [7, 11) is 0. The fourth-order valence-corrected chi connectivity index (χ4v) is 1.68. The first kappa shape index (κ1) is 13.7. The van der Waals surface area contributed by atoms with Gasteiger partial charge in [0.15, 0.2) is 12.0 Å². The maximum Gasteiger partial charge on any atom is 0.185 e. The van der Waals surface area contributed by atoms with Gasteiger partial charge in [-0.25, -0.2) is 0 Å². The van der Waals surface area contributed by atoms with Gasteiger partial charge >= 0.3 is 0 Å². The van der Waals surface area contributed by atoms with Gasteiger partial charge in [0.2, 0.25) is 0 Å². The zero-order chi connectivity index (χ0) is 12.7. The normalized spacial score (nSPS) is 12.2. The lowest BCUT2D eigenvalue weighted by molar-refractivity contribution is 0.0246. The third-order valence-corrected chi connectivity index (χ3v) is 3.14. The molecule has 0 atom stereocenters. The smallest absolute Gasteiger partial charge is 0.185 e. The minimum Gasteiger partial charge on any atom is -0.454 e. The van der Waals surface area contributed by atoms with Crippen molar-refractivity contribution in [2.45, 2.75) is 45.1 Å². The molecule has 94 valence electrons. The number of furan rings is 1. The molecule has 17 heavy (non-hydrogen) atoms. The van der Waals surface area contributed by atoms with Gasteiger partial charge in [-0.3, -0.25) is 4.79 Å². The topological polar surface area (TPSA) is 50.4 Å². The predicted molar refractivity (Wildman–Crippen MR) is 67.9 cm³/mol. The van der Waals surface area contributed by atoms with Gasteiger partial charge in [-0.15, -0.1) is 0 Å². The van der Waals surface area contributed by atoms with Crippen molar-refractivity contribution < 1.29 is 14.3 Å². The molecule has 0 aromatic carbocycles. The van der Waals surface area contributed by atoms with Crippen molar-refractivity contribution in [2.75, 3.05) is 0 Å². The molecular formula is C14H20O3. The molecule has 1 aromatic rings. The molecule has 0 fully saturated rings. The van der Waals surface area contributed by atoms with Gasteiger partial charge < -0.3 is 9.52 Å². The Bertz CT molecular complexity index is 373. The first-order valence-electron chi connectivity index (χ1n) is 6.07. The summed E-state index contributed by atoms with van der Waals surface area (Å²) in [6.45, 7) is 3.99. The maximum absolute atomic E-state index is 10.4. The number of hydrogen-bond donors (Lipinski definition) is 1. The van der Waals surface area contributed by atoms with Crippen LogP contribution in [0.1, 0.15) is 55.8 Å². The molecule has 3 nitrogen and oxygen atoms in total. The molecule has 0 aliphatic heterocycles. The first-order chi connectivity index (χ1) is 8.13. The molecule has 3 heteroatoms. The lowest BCUT2D eigenvalue weighted by Gasteiger charge is -2.24. The molecule has 1 N–H and O–H groups in total. The van der Waals surface area contributed by atoms with Crippen LogP contribution < -0.4 is 0 Å². The predicted octanol–water partition coefficient (Wildman–Crippen LogP) is 3.44. The second kappa shape index (κ2) is 6.40. The van der Waals surface area contributed by atoms with E-state index in [0.29, 0.717) is 17.8 Å². The summed E-state index contributed by atoms with van der Waals surface area (Å²) in [5.74, 6) is 1.01. The average Bonchev–Trinajstić information content (AvgIpc) is 2.82. The quantitative estimate of drug-likeness (QED) is 0.738. The fourth-order valence-electron chi connectivity index (χ4n) is 1.68. The summed E-state index contributed by atoms with van der Waals surface area (Å²) in [4.78, 5) is 10.4. The molecule has 1 aromatic heterocycles. The van der Waals surface area contributed by atoms with Gasteiger partial charge in [0, 0.05) is 0 Å². The largest absolute Gasteiger partial charge is 0.454 e. The highest BCUT2D eigenvalue weighted by atomic mass is 16.3. The Kier molecular flexibility index (Phi) is 5.16. The SMILES string of the molecule is CCC(O)(CC)CCC=Cc1ccc(C=O)o1. The van der Waals surface area contributed by atoms with E-state index in [1.54, 1.807) is 12.1 Å². The van der Waals surface area contributed by atoms with E-state index in [9.17, 15) is 9.90 Å². The van der Waals surface area contributed by atoms with Crippen LogP contribution in [-0.4, -0.2) is 17.0 Å². The number of allylic oxidation sites excluding steroid dienone is 1. The van der Waals surface area contributed by atoms with E-state index in [2.05, 4.69) is 0 Å². The van der Waals surface area contributed by atoms with Crippen molar-refractivity contribution in [1.29, 1.82) is 0 Å². The van der Waals surface area contributed by atoms with Crippen molar-refractivity contribution in [1.82, 2.24) is 0 Å². The van der Waals surface area contributed by atoms with Crippen LogP contribution in [0, 0.1) is 0 Å². The number of carbonyl (C=O) groups excluding carboxylic acids is 1. The average molecular weight is 236 g/mol. The second-order valence-corrected chi connectivity index (χ2v) is 4.23. The lowest BCUT2D eigenvalue weighted by atomic mass is 9.92. The Morgan fingerprint density at radius 2 is 1.94 bits per heavy atom. The molecule has 0 aliphatic carbocycles. The third kappa shape index (κ3) is 4.19. The first-order valence-corrected chi connectivity index (χ1v) is 6.07. The highest BCUT2D eigenvalue weighted by Gasteiger charge is 2.20. The van der Waals surface area contributed by atoms with Gasteiger partial charge in [0.05, 0.1) is 5.60 Å². The molecule has 0 unspecified atom stereocenters. The zero-order valence-electron chi connectivity index (χ0n) is 10.5. The van der Waals surface area contributed by atoms with Gasteiger partial charge in [0.25, 0.3) is 0 Å². The lowest BCUT2D eigenvalue weighted by Crippen LogP contribution is -2.25. The van der Waals surface area contributed by atoms with Gasteiger partial charge in [0.1, 0.15) is 5.76 Å². The Balaban J connectivity index is 2.42. The minimum absolute atomic E-state index is 0.336. The van der Waals surface area contributed by atoms with E-state index in [1.807, 2.05) is 26.0 Å². The van der Waals surface area contributed by atoms with Crippen molar-refractivity contribution >= 4 is 12.4 Å². The van der Waals surface area contributed by atoms with Crippen LogP contribution in [0.2, 0.25) is 0 Å². The number of aldehydes is 1. The van der Waals surface area contributed by atoms with Gasteiger partial charge in [-0.1, -0.05) is 19.9 Å². The van der Waals surface area contributed by atoms with E-state index in [1.165, 1.54) is 0 Å². The van der Waals surface area contributed by atoms with E-state index >= 15 is 0 Å². The van der Waals surface area contributed by atoms with Crippen molar-refractivity contribution in [2.24, 2.45) is 0 Å². The summed E-state index contributed by atoms with van der Waals surface area (Å²) < 4.78 is 5.20. The molecule has 1 heterocycles. The van der Waals surface area contributed by atoms with Crippen LogP contribution >= 0.6 is 0 Å². The fraction of sp³-hybridized carbons (Fsp3) is 0.500. The molecule has 0 spiro atoms. The Morgan fingerprint density at radius 3 is 2.47 bits per heavy atom. The summed E-state index contributed by atoms with van der Waals surface area (Å²) in [5, 5.41) is 10.1.